The quantitative estimate of drug-likeness (QED) is 0.0394. The molecule has 3 N–H and O–H groups in total. The molecule has 0 amide bonds. The van der Waals surface area contributed by atoms with E-state index in [4.69, 9.17) is 61.3 Å². The zero-order valence-electron chi connectivity index (χ0n) is 48.1. The van der Waals surface area contributed by atoms with Gasteiger partial charge in [-0.3, -0.25) is 34.8 Å². The zero-order chi connectivity index (χ0) is 63.2. The van der Waals surface area contributed by atoms with Gasteiger partial charge in [-0.1, -0.05) is 68.3 Å². The molecule has 5 heterocycles. The van der Waals surface area contributed by atoms with Crippen molar-refractivity contribution in [2.45, 2.75) is 133 Å². The van der Waals surface area contributed by atoms with Crippen molar-refractivity contribution >= 4 is 148 Å². The van der Waals surface area contributed by atoms with Gasteiger partial charge in [0.25, 0.3) is 0 Å². The average molecular weight is 1350 g/mol. The summed E-state index contributed by atoms with van der Waals surface area (Å²) in [6.45, 7) is 21.2. The molecular weight excluding hydrogens is 1280 g/mol. The molecule has 0 bridgehead atoms. The number of benzene rings is 2. The van der Waals surface area contributed by atoms with Gasteiger partial charge in [0.1, 0.15) is 28.6 Å². The molecule has 1 aliphatic rings. The van der Waals surface area contributed by atoms with Crippen LogP contribution in [0, 0.1) is 5.92 Å². The number of nitrogen functional groups attached to an aromatic ring is 1. The van der Waals surface area contributed by atoms with Gasteiger partial charge in [-0.25, -0.2) is 9.97 Å². The van der Waals surface area contributed by atoms with Crippen LogP contribution in [0.25, 0.3) is 42.4 Å². The van der Waals surface area contributed by atoms with Crippen LogP contribution in [0.5, 0.6) is 0 Å². The number of fused-ring (bicyclic) bond motifs is 4. The second kappa shape index (κ2) is 42.1. The van der Waals surface area contributed by atoms with E-state index in [9.17, 15) is 24.0 Å². The molecular formula is C53H64B2N5O17S6Y. The first-order valence-corrected chi connectivity index (χ1v) is 30.6. The number of carbonyl (C=O) groups is 5. The minimum absolute atomic E-state index is 0. The third-order valence-corrected chi connectivity index (χ3v) is 13.4. The van der Waals surface area contributed by atoms with Crippen molar-refractivity contribution in [3.8, 4) is 22.3 Å². The number of carbonyl (C=O) groups excluding carboxylic acids is 5. The molecule has 0 fully saturated rings. The Balaban J connectivity index is -0.00000112. The number of pyridine rings is 2. The number of rotatable bonds is 16. The second-order valence-corrected chi connectivity index (χ2v) is 21.3. The molecule has 22 nitrogen and oxygen atoms in total. The summed E-state index contributed by atoms with van der Waals surface area (Å²) < 4.78 is 104. The first kappa shape index (κ1) is 82.4. The number of hydrogen-bond acceptors (Lipinski definition) is 24. The molecule has 7 rings (SSSR count). The Hall–Kier alpha value is -5.85. The Bertz CT molecular complexity index is 3530. The van der Waals surface area contributed by atoms with Gasteiger partial charge >= 0.3 is 42.4 Å². The molecule has 0 unspecified atom stereocenters. The molecule has 4 aromatic heterocycles. The number of aromatic nitrogens is 2. The maximum Gasteiger partial charge on any atom is 0.425 e. The van der Waals surface area contributed by atoms with E-state index in [0.717, 1.165) is 85.2 Å². The van der Waals surface area contributed by atoms with Crippen LogP contribution >= 0.6 is 22.7 Å². The molecule has 6 aromatic rings. The van der Waals surface area contributed by atoms with Crippen LogP contribution in [0.3, 0.4) is 0 Å². The normalized spacial score (nSPS) is 10.8. The van der Waals surface area contributed by atoms with E-state index in [0.29, 0.717) is 48.5 Å². The van der Waals surface area contributed by atoms with Crippen molar-refractivity contribution < 1.29 is 107 Å². The van der Waals surface area contributed by atoms with Gasteiger partial charge in [0.2, 0.25) is 0 Å². The minimum atomic E-state index is -3.11. The molecule has 6 radical (unpaired) electrons. The van der Waals surface area contributed by atoms with Crippen molar-refractivity contribution in [2.24, 2.45) is 16.8 Å². The smallest absolute Gasteiger partial charge is 0.323 e. The van der Waals surface area contributed by atoms with Gasteiger partial charge in [0, 0.05) is 110 Å². The van der Waals surface area contributed by atoms with Crippen LogP contribution in [0.1, 0.15) is 168 Å². The Labute approximate surface area is 531 Å². The molecule has 0 atom stereocenters. The molecule has 1 aliphatic heterocycles. The topological polar surface area (TPSA) is 366 Å². The Morgan fingerprint density at radius 3 is 1.19 bits per heavy atom. The van der Waals surface area contributed by atoms with Gasteiger partial charge in [0.15, 0.2) is 23.1 Å². The number of nitrogens with zero attached hydrogens (tertiary/aromatic N) is 3. The summed E-state index contributed by atoms with van der Waals surface area (Å²) in [6.07, 6.45) is 4.69. The Kier molecular flexibility index (Phi) is 41.2. The van der Waals surface area contributed by atoms with Crippen LogP contribution in [-0.2, 0) is 85.4 Å². The first-order valence-electron chi connectivity index (χ1n) is 24.8. The van der Waals surface area contributed by atoms with Crippen LogP contribution in [0.4, 0.5) is 11.4 Å². The second-order valence-electron chi connectivity index (χ2n) is 17.8. The standard InChI is InChI=1S/C26H28N2O2S.C21H23N3O2S.C5H10O.CH3B.B.4O3S.Y/c1-6-8-22(29)20-12-16(13-21(28-20)23(30)9-7-2)18-14-19-24(17-10-11-31-25(17)18)27-15(3)26(19,4)5;1-3-5-19(25)17-11-13(12-18(23-17)20(26)6-4-2)14-7-8-16(24-22)15-9-10-27-21(14)15;1-4(2)5(3)6;1-2;;4*1-4(2)3;/h10-14H,6-9H2,1-5H3;7-12,24H,3-6,22H2,1-2H3;4H,1-3H3;1H3;;;;;;. The number of ketones is 5. The third kappa shape index (κ3) is 27.5. The predicted octanol–water partition coefficient (Wildman–Crippen LogP) is 9.56. The monoisotopic (exact) mass is 1350 g/mol. The molecule has 84 heavy (non-hydrogen) atoms. The van der Waals surface area contributed by atoms with Crippen molar-refractivity contribution in [2.75, 3.05) is 5.43 Å². The first-order chi connectivity index (χ1) is 38.4. The molecule has 448 valence electrons. The van der Waals surface area contributed by atoms with E-state index in [1.807, 2.05) is 77.3 Å². The van der Waals surface area contributed by atoms with Crippen LogP contribution in [0.2, 0.25) is 6.82 Å². The van der Waals surface area contributed by atoms with E-state index in [2.05, 4.69) is 61.5 Å². The van der Waals surface area contributed by atoms with Gasteiger partial charge < -0.3 is 5.43 Å². The van der Waals surface area contributed by atoms with Crippen LogP contribution in [-0.4, -0.2) is 111 Å². The minimum Gasteiger partial charge on any atom is -0.323 e. The van der Waals surface area contributed by atoms with E-state index in [1.54, 1.807) is 41.7 Å². The van der Waals surface area contributed by atoms with Crippen molar-refractivity contribution in [3.63, 3.8) is 0 Å². The fourth-order valence-electron chi connectivity index (χ4n) is 7.22. The van der Waals surface area contributed by atoms with Crippen molar-refractivity contribution in [1.82, 2.24) is 9.97 Å². The van der Waals surface area contributed by atoms with E-state index >= 15 is 0 Å². The largest absolute Gasteiger partial charge is 0.425 e. The number of thiophene rings is 2. The summed E-state index contributed by atoms with van der Waals surface area (Å²) in [5, 5.41) is 6.22. The van der Waals surface area contributed by atoms with E-state index in [-0.39, 0.29) is 81.4 Å². The fourth-order valence-corrected chi connectivity index (χ4v) is 9.11. The zero-order valence-corrected chi connectivity index (χ0v) is 55.9. The summed E-state index contributed by atoms with van der Waals surface area (Å²) in [6, 6.07) is 17.5. The maximum absolute atomic E-state index is 12.7. The van der Waals surface area contributed by atoms with E-state index < -0.39 is 42.4 Å². The number of hydrogen-bond donors (Lipinski definition) is 2. The maximum atomic E-state index is 12.7. The SMILES string of the molecule is CC(=O)C(C)C.CCCC(=O)c1cc(-c2cc3c(c4ccsc24)N=C(C)C3(C)C)cc(C(=O)CCC)n1.CCCC(=O)c1cc(-c2ccc(NN)c3ccsc23)cc(C(=O)CCC)n1.O=S(=O)=O.O=S(=O)=O.O=S(=O)=O.O=S(=O)=O.[B].[B]C.[Y]. The number of Topliss-reactive ketones (excluding diaryl/α,β-unsaturated/α-hetero) is 5. The Morgan fingerprint density at radius 1 is 0.571 bits per heavy atom. The fraction of sp³-hybridized carbons (Fsp3) is 0.396. The van der Waals surface area contributed by atoms with Crippen LogP contribution < -0.4 is 11.3 Å². The number of anilines is 1. The molecule has 0 saturated carbocycles. The van der Waals surface area contributed by atoms with Gasteiger partial charge in [-0.15, -0.1) is 73.2 Å². The molecule has 0 spiro atoms. The number of aliphatic imine (C=N–C) groups is 1. The van der Waals surface area contributed by atoms with E-state index in [1.165, 1.54) is 12.4 Å². The number of nitrogens with one attached hydrogen (secondary N) is 1. The summed E-state index contributed by atoms with van der Waals surface area (Å²) in [4.78, 5) is 74.2. The van der Waals surface area contributed by atoms with Gasteiger partial charge in [-0.05, 0) is 121 Å². The number of hydrazine groups is 1. The van der Waals surface area contributed by atoms with Gasteiger partial charge in [0.05, 0.1) is 19.2 Å². The predicted molar refractivity (Wildman–Crippen MR) is 322 cm³/mol. The van der Waals surface area contributed by atoms with Crippen molar-refractivity contribution in [3.05, 3.63) is 93.7 Å². The third-order valence-electron chi connectivity index (χ3n) is 11.5. The van der Waals surface area contributed by atoms with Crippen LogP contribution in [0.15, 0.2) is 70.3 Å². The summed E-state index contributed by atoms with van der Waals surface area (Å²) >= 11 is 3.27. The Morgan fingerprint density at radius 2 is 0.881 bits per heavy atom. The number of nitrogens with two attached hydrogens (primary N) is 1. The summed E-state index contributed by atoms with van der Waals surface area (Å²) in [5.41, 5.74) is 11.9. The summed E-state index contributed by atoms with van der Waals surface area (Å²) in [5.74, 6) is 5.98. The molecule has 0 aliphatic carbocycles. The molecule has 2 aromatic carbocycles. The van der Waals surface area contributed by atoms with Gasteiger partial charge in [-0.2, -0.15) is 0 Å². The van der Waals surface area contributed by atoms with Crippen molar-refractivity contribution in [1.29, 1.82) is 0 Å². The summed E-state index contributed by atoms with van der Waals surface area (Å²) in [7, 11) is -7.94. The molecule has 0 saturated heterocycles. The molecule has 31 heteroatoms. The average Bonchev–Trinajstić information content (AvgIpc) is 4.37.